The summed E-state index contributed by atoms with van der Waals surface area (Å²) in [6, 6.07) is 26.5. The van der Waals surface area contributed by atoms with Crippen LogP contribution in [-0.2, 0) is 31.9 Å². The Balaban J connectivity index is 0.00000820. The number of hydrogen-bond donors (Lipinski definition) is 1. The molecule has 0 bridgehead atoms. The molecular weight excluding hydrogens is 962 g/mol. The van der Waals surface area contributed by atoms with Gasteiger partial charge in [0.2, 0.25) is 0 Å². The summed E-state index contributed by atoms with van der Waals surface area (Å²) >= 11 is 0. The van der Waals surface area contributed by atoms with E-state index in [0.29, 0.717) is 50.4 Å². The maximum absolute atomic E-state index is 12.4. The van der Waals surface area contributed by atoms with Crippen molar-refractivity contribution in [2.75, 3.05) is 0 Å². The van der Waals surface area contributed by atoms with E-state index in [1.807, 2.05) is 93.8 Å². The maximum Gasteiger partial charge on any atom is 0.148 e. The summed E-state index contributed by atoms with van der Waals surface area (Å²) in [7, 11) is 0. The Bertz CT molecular complexity index is 3560. The number of nitrogens with zero attached hydrogens (tertiary/aromatic N) is 3. The second-order valence-corrected chi connectivity index (χ2v) is 19.0. The zero-order chi connectivity index (χ0) is 54.7. The molecule has 0 aliphatic carbocycles. The van der Waals surface area contributed by atoms with Gasteiger partial charge in [-0.1, -0.05) is 179 Å². The van der Waals surface area contributed by atoms with Crippen LogP contribution in [0.25, 0.3) is 72.7 Å². The van der Waals surface area contributed by atoms with Gasteiger partial charge in [-0.25, -0.2) is 4.98 Å². The van der Waals surface area contributed by atoms with Crippen molar-refractivity contribution in [1.29, 1.82) is 0 Å². The van der Waals surface area contributed by atoms with Crippen LogP contribution in [0.4, 0.5) is 0 Å². The summed E-state index contributed by atoms with van der Waals surface area (Å²) < 4.78 is 99.4. The van der Waals surface area contributed by atoms with Gasteiger partial charge in [0, 0.05) is 42.7 Å². The fourth-order valence-electron chi connectivity index (χ4n) is 8.15. The number of para-hydroxylation sites is 1. The first kappa shape index (κ1) is 33.9. The van der Waals surface area contributed by atoms with E-state index in [-0.39, 0.29) is 54.6 Å². The van der Waals surface area contributed by atoms with Gasteiger partial charge in [0.15, 0.2) is 0 Å². The molecule has 2 aromatic heterocycles. The van der Waals surface area contributed by atoms with Crippen LogP contribution in [0.2, 0.25) is 0 Å². The number of benzene rings is 6. The predicted octanol–water partition coefficient (Wildman–Crippen LogP) is 16.2. The predicted molar refractivity (Wildman–Crippen MR) is 266 cm³/mol. The van der Waals surface area contributed by atoms with Crippen LogP contribution in [0.5, 0.6) is 5.75 Å². The molecular formula is C59H62N3OPt-. The Kier molecular flexibility index (Phi) is 9.59. The van der Waals surface area contributed by atoms with E-state index < -0.39 is 71.6 Å². The molecule has 0 radical (unpaired) electrons. The number of phenols is 1. The quantitative estimate of drug-likeness (QED) is 0.147. The van der Waals surface area contributed by atoms with Crippen molar-refractivity contribution in [2.45, 2.75) is 112 Å². The van der Waals surface area contributed by atoms with Gasteiger partial charge in [-0.05, 0) is 103 Å². The molecule has 4 nitrogen and oxygen atoms in total. The number of imidazole rings is 1. The molecule has 0 fully saturated rings. The van der Waals surface area contributed by atoms with Crippen molar-refractivity contribution in [3.63, 3.8) is 0 Å². The summed E-state index contributed by atoms with van der Waals surface area (Å²) in [5.74, 6) is -3.37. The molecule has 330 valence electrons. The van der Waals surface area contributed by atoms with Crippen molar-refractivity contribution >= 4 is 11.0 Å². The van der Waals surface area contributed by atoms with Gasteiger partial charge in [0.25, 0.3) is 0 Å². The van der Waals surface area contributed by atoms with Gasteiger partial charge in [-0.15, -0.1) is 29.3 Å². The largest absolute Gasteiger partial charge is 0.507 e. The summed E-state index contributed by atoms with van der Waals surface area (Å²) in [5, 5.41) is 12.4. The first-order chi connectivity index (χ1) is 34.1. The zero-order valence-electron chi connectivity index (χ0n) is 49.7. The molecule has 0 saturated carbocycles. The fraction of sp³-hybridized carbons (Fsp3) is 0.288. The normalized spacial score (nSPS) is 15.0. The molecule has 2 heterocycles. The van der Waals surface area contributed by atoms with E-state index in [2.05, 4.69) is 44.0 Å². The molecule has 5 heteroatoms. The number of hydrogen-bond acceptors (Lipinski definition) is 3. The molecule has 0 aliphatic heterocycles. The number of fused-ring (bicyclic) bond motifs is 1. The van der Waals surface area contributed by atoms with Gasteiger partial charge < -0.3 is 5.11 Å². The SMILES string of the molecule is [2H]c1nc(-c2[c-]c(-c3cccc4c3nc(-c3cc(C([2H])(C)C)cc(C([2H])(C)C)c3O)n4-c3ccc(-c4ccccc4C(C)(C)C)c(C([2H])(C)C)c3)cc(C(C)(C)C)c2)c([2H])c(-c2c([2H])c([2H])c([2H])c([2H])c2[2H])c1[2H].[Pt]. The first-order valence-electron chi connectivity index (χ1n) is 26.9. The van der Waals surface area contributed by atoms with Crippen molar-refractivity contribution in [3.8, 4) is 67.5 Å². The Morgan fingerprint density at radius 2 is 1.34 bits per heavy atom. The Morgan fingerprint density at radius 3 is 2.02 bits per heavy atom. The molecule has 64 heavy (non-hydrogen) atoms. The van der Waals surface area contributed by atoms with Crippen LogP contribution in [0.3, 0.4) is 0 Å². The van der Waals surface area contributed by atoms with Crippen LogP contribution >= 0.6 is 0 Å². The second kappa shape index (κ2) is 18.1. The first-order valence-corrected chi connectivity index (χ1v) is 21.4. The molecule has 0 saturated heterocycles. The van der Waals surface area contributed by atoms with Gasteiger partial charge in [0.1, 0.15) is 11.6 Å². The van der Waals surface area contributed by atoms with Gasteiger partial charge in [-0.2, -0.15) is 0 Å². The van der Waals surface area contributed by atoms with Gasteiger partial charge in [-0.3, -0.25) is 9.55 Å². The molecule has 8 aromatic rings. The average molecular weight is 1040 g/mol. The van der Waals surface area contributed by atoms with Crippen LogP contribution in [-0.4, -0.2) is 19.6 Å². The minimum absolute atomic E-state index is 0. The van der Waals surface area contributed by atoms with Crippen LogP contribution in [0, 0.1) is 6.07 Å². The molecule has 0 spiro atoms. The molecule has 0 aliphatic rings. The van der Waals surface area contributed by atoms with E-state index in [0.717, 1.165) is 27.8 Å². The van der Waals surface area contributed by atoms with Crippen molar-refractivity contribution in [3.05, 3.63) is 167 Å². The minimum atomic E-state index is -1.28. The monoisotopic (exact) mass is 1030 g/mol. The minimum Gasteiger partial charge on any atom is -0.507 e. The van der Waals surface area contributed by atoms with Crippen molar-refractivity contribution in [2.24, 2.45) is 0 Å². The molecule has 0 unspecified atom stereocenters. The number of phenolic OH excluding ortho intramolecular Hbond substituents is 1. The molecule has 0 atom stereocenters. The smallest absolute Gasteiger partial charge is 0.148 e. The molecule has 8 rings (SSSR count). The molecule has 1 N–H and O–H groups in total. The van der Waals surface area contributed by atoms with Crippen LogP contribution in [0.1, 0.15) is 144 Å². The van der Waals surface area contributed by atoms with E-state index in [1.54, 1.807) is 45.9 Å². The van der Waals surface area contributed by atoms with E-state index in [4.69, 9.17) is 16.0 Å². The number of rotatable bonds is 9. The van der Waals surface area contributed by atoms with Crippen LogP contribution < -0.4 is 0 Å². The van der Waals surface area contributed by atoms with E-state index in [1.165, 1.54) is 0 Å². The third kappa shape index (κ3) is 9.05. The third-order valence-corrected chi connectivity index (χ3v) is 11.6. The number of aromatic nitrogens is 3. The Morgan fingerprint density at radius 1 is 0.656 bits per heavy atom. The van der Waals surface area contributed by atoms with Gasteiger partial charge >= 0.3 is 0 Å². The standard InChI is InChI=1S/C59H62N3O.Pt/c1-36(2)41-32-50(38(5)6)56(63)51(33-41)57-61-55-46(42-29-43(31-44(30-42)58(7,8)9)53-34-40(27-28-60-53)39-19-14-13-15-20-39)22-18-24-54(55)62(57)45-25-26-47(49(35-45)37(3)4)48-21-16-17-23-52(48)59(10,11)12;/h13-28,30-38,63H,1-12H3;/q-1;/i13D,14D,15D,19D,20D,27D,28D,34D,36D,37D,38D;. The maximum atomic E-state index is 12.4. The van der Waals surface area contributed by atoms with E-state index >= 15 is 0 Å². The second-order valence-electron chi connectivity index (χ2n) is 19.0. The van der Waals surface area contributed by atoms with Gasteiger partial charge in [0.05, 0.1) is 27.6 Å². The molecule has 0 amide bonds. The summed E-state index contributed by atoms with van der Waals surface area (Å²) in [6.07, 6.45) is -0.560. The third-order valence-electron chi connectivity index (χ3n) is 11.6. The average Bonchev–Trinajstić information content (AvgIpc) is 3.70. The summed E-state index contributed by atoms with van der Waals surface area (Å²) in [5.41, 5.74) is 7.33. The Labute approximate surface area is 411 Å². The molecule has 6 aromatic carbocycles. The summed E-state index contributed by atoms with van der Waals surface area (Å²) in [4.78, 5) is 9.83. The number of pyridine rings is 1. The topological polar surface area (TPSA) is 50.9 Å². The zero-order valence-corrected chi connectivity index (χ0v) is 41.0. The van der Waals surface area contributed by atoms with E-state index in [9.17, 15) is 9.22 Å². The van der Waals surface area contributed by atoms with Crippen molar-refractivity contribution in [1.82, 2.24) is 14.5 Å². The van der Waals surface area contributed by atoms with Crippen molar-refractivity contribution < 1.29 is 41.3 Å². The fourth-order valence-corrected chi connectivity index (χ4v) is 8.15. The Hall–Kier alpha value is -5.57. The van der Waals surface area contributed by atoms with Crippen LogP contribution in [0.15, 0.2) is 133 Å². The number of aromatic hydroxyl groups is 1. The summed E-state index contributed by atoms with van der Waals surface area (Å²) in [6.45, 7) is 23.1.